The van der Waals surface area contributed by atoms with E-state index < -0.39 is 8.25 Å². The van der Waals surface area contributed by atoms with Gasteiger partial charge in [-0.2, -0.15) is 0 Å². The molecular formula is C2H11AlO3P+. The molecule has 0 heterocycles. The summed E-state index contributed by atoms with van der Waals surface area (Å²) in [6.07, 6.45) is 0. The summed E-state index contributed by atoms with van der Waals surface area (Å²) < 4.78 is 8.70. The van der Waals surface area contributed by atoms with E-state index in [4.69, 9.17) is 14.4 Å². The van der Waals surface area contributed by atoms with E-state index in [1.807, 2.05) is 13.8 Å². The minimum absolute atomic E-state index is 0. The van der Waals surface area contributed by atoms with Crippen LogP contribution in [0.4, 0.5) is 0 Å². The van der Waals surface area contributed by atoms with Crippen molar-refractivity contribution in [3.8, 4) is 0 Å². The van der Waals surface area contributed by atoms with Crippen molar-refractivity contribution in [2.45, 2.75) is 13.8 Å². The molecule has 0 rings (SSSR count). The SMILES string of the molecule is CC.O=[P+](O)O.[AlH3]. The van der Waals surface area contributed by atoms with Crippen LogP contribution in [0.5, 0.6) is 0 Å². The van der Waals surface area contributed by atoms with E-state index in [1.165, 1.54) is 0 Å². The predicted octanol–water partition coefficient (Wildman–Crippen LogP) is -0.529. The first-order valence-electron chi connectivity index (χ1n) is 1.58. The molecule has 0 radical (unpaired) electrons. The van der Waals surface area contributed by atoms with E-state index in [0.717, 1.165) is 0 Å². The van der Waals surface area contributed by atoms with Gasteiger partial charge >= 0.3 is 8.25 Å². The largest absolute Gasteiger partial charge is 0.692 e. The second kappa shape index (κ2) is 16.0. The van der Waals surface area contributed by atoms with Gasteiger partial charge in [-0.3, -0.25) is 0 Å². The van der Waals surface area contributed by atoms with E-state index >= 15 is 0 Å². The first-order valence-corrected chi connectivity index (χ1v) is 2.75. The Morgan fingerprint density at radius 1 is 1.29 bits per heavy atom. The first-order chi connectivity index (χ1) is 2.73. The molecule has 0 atom stereocenters. The molecule has 0 saturated carbocycles. The van der Waals surface area contributed by atoms with E-state index in [1.54, 1.807) is 0 Å². The maximum absolute atomic E-state index is 8.70. The van der Waals surface area contributed by atoms with Gasteiger partial charge in [0.25, 0.3) is 0 Å². The molecule has 0 aromatic rings. The van der Waals surface area contributed by atoms with Crippen molar-refractivity contribution in [3.63, 3.8) is 0 Å². The molecule has 0 saturated heterocycles. The fraction of sp³-hybridized carbons (Fsp3) is 1.00. The molecule has 2 N–H and O–H groups in total. The molecule has 7 heavy (non-hydrogen) atoms. The first kappa shape index (κ1) is 15.6. The summed E-state index contributed by atoms with van der Waals surface area (Å²) in [7, 11) is -2.87. The molecule has 3 nitrogen and oxygen atoms in total. The lowest BCUT2D eigenvalue weighted by molar-refractivity contribution is 0.405. The van der Waals surface area contributed by atoms with Crippen LogP contribution >= 0.6 is 8.25 Å². The highest BCUT2D eigenvalue weighted by Gasteiger charge is 1.93. The molecular weight excluding hydrogens is 130 g/mol. The topological polar surface area (TPSA) is 57.5 Å². The van der Waals surface area contributed by atoms with Gasteiger partial charge in [-0.15, -0.1) is 9.79 Å². The van der Waals surface area contributed by atoms with Crippen LogP contribution in [-0.4, -0.2) is 27.1 Å². The molecule has 5 heteroatoms. The van der Waals surface area contributed by atoms with Crippen LogP contribution in [0.3, 0.4) is 0 Å². The Bertz CT molecular complexity index is 35.9. The van der Waals surface area contributed by atoms with Crippen LogP contribution in [-0.2, 0) is 4.57 Å². The lowest BCUT2D eigenvalue weighted by Crippen LogP contribution is -1.38. The molecule has 0 fully saturated rings. The van der Waals surface area contributed by atoms with Gasteiger partial charge in [0.1, 0.15) is 0 Å². The fourth-order valence-corrected chi connectivity index (χ4v) is 0. The summed E-state index contributed by atoms with van der Waals surface area (Å²) in [6, 6.07) is 0. The molecule has 0 spiro atoms. The third-order valence-corrected chi connectivity index (χ3v) is 0. The third-order valence-electron chi connectivity index (χ3n) is 0. The van der Waals surface area contributed by atoms with Gasteiger partial charge in [-0.1, -0.05) is 13.8 Å². The van der Waals surface area contributed by atoms with Crippen LogP contribution in [0.15, 0.2) is 0 Å². The highest BCUT2D eigenvalue weighted by Crippen LogP contribution is 1.98. The molecule has 44 valence electrons. The Labute approximate surface area is 54.5 Å². The van der Waals surface area contributed by atoms with Gasteiger partial charge in [0.15, 0.2) is 17.4 Å². The minimum Gasteiger partial charge on any atom is -0.134 e. The van der Waals surface area contributed by atoms with Gasteiger partial charge < -0.3 is 0 Å². The van der Waals surface area contributed by atoms with Gasteiger partial charge in [0.05, 0.1) is 0 Å². The Kier molecular flexibility index (Phi) is 35.8. The zero-order valence-corrected chi connectivity index (χ0v) is 4.64. The predicted molar refractivity (Wildman–Crippen MR) is 33.3 cm³/mol. The molecule has 0 aliphatic heterocycles. The zero-order chi connectivity index (χ0) is 5.58. The molecule has 0 unspecified atom stereocenters. The molecule has 0 bridgehead atoms. The van der Waals surface area contributed by atoms with Crippen molar-refractivity contribution in [3.05, 3.63) is 0 Å². The molecule has 0 amide bonds. The fourth-order valence-electron chi connectivity index (χ4n) is 0. The normalized spacial score (nSPS) is 4.57. The van der Waals surface area contributed by atoms with Crippen LogP contribution < -0.4 is 0 Å². The summed E-state index contributed by atoms with van der Waals surface area (Å²) in [5, 5.41) is 0. The summed E-state index contributed by atoms with van der Waals surface area (Å²) in [4.78, 5) is 14.2. The highest BCUT2D eigenvalue weighted by atomic mass is 31.1. The van der Waals surface area contributed by atoms with Crippen LogP contribution in [0.25, 0.3) is 0 Å². The maximum atomic E-state index is 8.70. The average molecular weight is 141 g/mol. The second-order valence-corrected chi connectivity index (χ2v) is 0.758. The van der Waals surface area contributed by atoms with E-state index in [2.05, 4.69) is 0 Å². The van der Waals surface area contributed by atoms with E-state index in [0.29, 0.717) is 0 Å². The number of rotatable bonds is 0. The smallest absolute Gasteiger partial charge is 0.134 e. The van der Waals surface area contributed by atoms with Crippen molar-refractivity contribution in [1.82, 2.24) is 0 Å². The Morgan fingerprint density at radius 3 is 1.29 bits per heavy atom. The Hall–Kier alpha value is 0.552. The van der Waals surface area contributed by atoms with E-state index in [9.17, 15) is 0 Å². The van der Waals surface area contributed by atoms with Crippen molar-refractivity contribution in [2.24, 2.45) is 0 Å². The summed E-state index contributed by atoms with van der Waals surface area (Å²) in [6.45, 7) is 4.00. The monoisotopic (exact) mass is 141 g/mol. The van der Waals surface area contributed by atoms with Crippen molar-refractivity contribution in [1.29, 1.82) is 0 Å². The van der Waals surface area contributed by atoms with Crippen LogP contribution in [0, 0.1) is 0 Å². The zero-order valence-electron chi connectivity index (χ0n) is 3.75. The highest BCUT2D eigenvalue weighted by molar-refractivity contribution is 7.30. The summed E-state index contributed by atoms with van der Waals surface area (Å²) in [5.74, 6) is 0. The number of hydrogen-bond acceptors (Lipinski definition) is 1. The van der Waals surface area contributed by atoms with Crippen LogP contribution in [0.1, 0.15) is 13.8 Å². The quantitative estimate of drug-likeness (QED) is 0.352. The lowest BCUT2D eigenvalue weighted by atomic mass is 11.0. The van der Waals surface area contributed by atoms with Crippen molar-refractivity contribution < 1.29 is 14.4 Å². The van der Waals surface area contributed by atoms with Gasteiger partial charge in [0.2, 0.25) is 0 Å². The molecule has 0 aromatic heterocycles. The average Bonchev–Trinajstić information content (AvgIpc) is 1.41. The molecule has 0 aromatic carbocycles. The minimum atomic E-state index is -2.87. The molecule has 0 aliphatic carbocycles. The Morgan fingerprint density at radius 2 is 1.29 bits per heavy atom. The van der Waals surface area contributed by atoms with Gasteiger partial charge in [0, 0.05) is 4.57 Å². The van der Waals surface area contributed by atoms with Crippen molar-refractivity contribution in [2.75, 3.05) is 0 Å². The Balaban J connectivity index is -0.0000000480. The maximum Gasteiger partial charge on any atom is 0.692 e. The summed E-state index contributed by atoms with van der Waals surface area (Å²) >= 11 is 0. The third kappa shape index (κ3) is 445. The van der Waals surface area contributed by atoms with Crippen LogP contribution in [0.2, 0.25) is 0 Å². The van der Waals surface area contributed by atoms with E-state index in [-0.39, 0.29) is 17.4 Å². The molecule has 0 aliphatic rings. The van der Waals surface area contributed by atoms with Crippen molar-refractivity contribution >= 4 is 25.6 Å². The second-order valence-electron chi connectivity index (χ2n) is 0.253. The van der Waals surface area contributed by atoms with Gasteiger partial charge in [-0.25, -0.2) is 0 Å². The standard InChI is InChI=1S/C2H6.Al.HO3P.3H/c1-2;;1-4(2)3;;;/h1-2H3;;(H-,1,2,3);;;/p+1. The van der Waals surface area contributed by atoms with Gasteiger partial charge in [-0.05, 0) is 0 Å². The number of hydrogen-bond donors (Lipinski definition) is 2. The summed E-state index contributed by atoms with van der Waals surface area (Å²) in [5.41, 5.74) is 0. The lowest BCUT2D eigenvalue weighted by Gasteiger charge is -1.34.